The monoisotopic (exact) mass is 303 g/mol. The second-order valence-corrected chi connectivity index (χ2v) is 7.45. The first kappa shape index (κ1) is 15.0. The van der Waals surface area contributed by atoms with Crippen LogP contribution in [0.25, 0.3) is 10.1 Å². The van der Waals surface area contributed by atoms with Crippen molar-refractivity contribution < 1.29 is 5.11 Å². The Bertz CT molecular complexity index is 598. The second-order valence-electron chi connectivity index (χ2n) is 6.54. The summed E-state index contributed by atoms with van der Waals surface area (Å²) in [5.74, 6) is 0. The molecule has 1 N–H and O–H groups in total. The van der Waals surface area contributed by atoms with Crippen LogP contribution in [0.3, 0.4) is 0 Å². The molecule has 1 saturated carbocycles. The molecule has 1 aliphatic carbocycles. The van der Waals surface area contributed by atoms with E-state index in [4.69, 9.17) is 0 Å². The summed E-state index contributed by atoms with van der Waals surface area (Å²) in [5, 5.41) is 14.5. The molecular weight excluding hydrogens is 278 g/mol. The smallest absolute Gasteiger partial charge is 0.0764 e. The summed E-state index contributed by atoms with van der Waals surface area (Å²) in [5.41, 5.74) is 1.26. The number of likely N-dealkylation sites (N-methyl/N-ethyl adjacent to an activating group) is 1. The maximum absolute atomic E-state index is 11.0. The zero-order chi connectivity index (χ0) is 14.9. The maximum Gasteiger partial charge on any atom is 0.0764 e. The zero-order valence-electron chi connectivity index (χ0n) is 13.0. The fourth-order valence-electron chi connectivity index (χ4n) is 3.83. The molecule has 21 heavy (non-hydrogen) atoms. The molecule has 114 valence electrons. The SMILES string of the molecule is CN(C)C1(C(O)Cc2csc3ccccc23)CCCCC1. The van der Waals surface area contributed by atoms with Crippen LogP contribution >= 0.6 is 11.3 Å². The highest BCUT2D eigenvalue weighted by Gasteiger charge is 2.40. The molecule has 1 heterocycles. The third kappa shape index (κ3) is 2.75. The molecule has 1 fully saturated rings. The van der Waals surface area contributed by atoms with Crippen molar-refractivity contribution in [2.24, 2.45) is 0 Å². The van der Waals surface area contributed by atoms with Gasteiger partial charge in [0.1, 0.15) is 0 Å². The molecule has 2 nitrogen and oxygen atoms in total. The normalized spacial score (nSPS) is 20.0. The Hall–Kier alpha value is -0.900. The fraction of sp³-hybridized carbons (Fsp3) is 0.556. The Morgan fingerprint density at radius 2 is 1.90 bits per heavy atom. The summed E-state index contributed by atoms with van der Waals surface area (Å²) < 4.78 is 1.32. The Morgan fingerprint density at radius 3 is 2.62 bits per heavy atom. The number of aliphatic hydroxyl groups is 1. The van der Waals surface area contributed by atoms with E-state index in [0.29, 0.717) is 0 Å². The quantitative estimate of drug-likeness (QED) is 0.920. The summed E-state index contributed by atoms with van der Waals surface area (Å²) in [4.78, 5) is 2.27. The first-order valence-corrected chi connectivity index (χ1v) is 8.82. The molecule has 0 aliphatic heterocycles. The second kappa shape index (κ2) is 6.07. The van der Waals surface area contributed by atoms with E-state index >= 15 is 0 Å². The first-order chi connectivity index (χ1) is 10.1. The molecule has 1 atom stereocenters. The number of thiophene rings is 1. The van der Waals surface area contributed by atoms with Gasteiger partial charge in [0.25, 0.3) is 0 Å². The van der Waals surface area contributed by atoms with E-state index < -0.39 is 0 Å². The van der Waals surface area contributed by atoms with Crippen molar-refractivity contribution in [3.8, 4) is 0 Å². The van der Waals surface area contributed by atoms with E-state index in [1.54, 1.807) is 11.3 Å². The van der Waals surface area contributed by atoms with Gasteiger partial charge in [-0.2, -0.15) is 0 Å². The van der Waals surface area contributed by atoms with Gasteiger partial charge in [0.15, 0.2) is 0 Å². The third-order valence-corrected chi connectivity index (χ3v) is 6.22. The molecule has 1 unspecified atom stereocenters. The minimum atomic E-state index is -0.286. The van der Waals surface area contributed by atoms with Gasteiger partial charge in [-0.15, -0.1) is 11.3 Å². The Labute approximate surface area is 131 Å². The van der Waals surface area contributed by atoms with Crippen LogP contribution in [-0.2, 0) is 6.42 Å². The highest BCUT2D eigenvalue weighted by atomic mass is 32.1. The van der Waals surface area contributed by atoms with Crippen molar-refractivity contribution in [3.63, 3.8) is 0 Å². The van der Waals surface area contributed by atoms with Crippen LogP contribution in [0.1, 0.15) is 37.7 Å². The lowest BCUT2D eigenvalue weighted by atomic mass is 9.75. The van der Waals surface area contributed by atoms with Crippen LogP contribution in [0, 0.1) is 0 Å². The lowest BCUT2D eigenvalue weighted by molar-refractivity contribution is -0.0308. The number of nitrogens with zero attached hydrogens (tertiary/aromatic N) is 1. The number of aliphatic hydroxyl groups excluding tert-OH is 1. The van der Waals surface area contributed by atoms with Crippen molar-refractivity contribution in [1.82, 2.24) is 4.90 Å². The van der Waals surface area contributed by atoms with Gasteiger partial charge in [0.05, 0.1) is 6.10 Å². The molecule has 0 spiro atoms. The summed E-state index contributed by atoms with van der Waals surface area (Å²) in [6, 6.07) is 8.52. The lowest BCUT2D eigenvalue weighted by Gasteiger charge is -2.46. The third-order valence-electron chi connectivity index (χ3n) is 5.20. The van der Waals surface area contributed by atoms with E-state index in [2.05, 4.69) is 48.6 Å². The Morgan fingerprint density at radius 1 is 1.19 bits per heavy atom. The molecule has 0 radical (unpaired) electrons. The molecule has 2 aromatic rings. The molecule has 3 heteroatoms. The van der Waals surface area contributed by atoms with Gasteiger partial charge in [-0.05, 0) is 49.3 Å². The molecule has 0 saturated heterocycles. The van der Waals surface area contributed by atoms with Gasteiger partial charge in [0.2, 0.25) is 0 Å². The highest BCUT2D eigenvalue weighted by Crippen LogP contribution is 2.37. The van der Waals surface area contributed by atoms with Crippen molar-refractivity contribution in [2.75, 3.05) is 14.1 Å². The van der Waals surface area contributed by atoms with Gasteiger partial charge >= 0.3 is 0 Å². The van der Waals surface area contributed by atoms with Crippen LogP contribution in [0.5, 0.6) is 0 Å². The van der Waals surface area contributed by atoms with Crippen LogP contribution < -0.4 is 0 Å². The maximum atomic E-state index is 11.0. The highest BCUT2D eigenvalue weighted by molar-refractivity contribution is 7.17. The molecule has 0 bridgehead atoms. The number of rotatable bonds is 4. The van der Waals surface area contributed by atoms with E-state index in [1.165, 1.54) is 34.9 Å². The van der Waals surface area contributed by atoms with Gasteiger partial charge in [-0.1, -0.05) is 37.5 Å². The van der Waals surface area contributed by atoms with E-state index in [-0.39, 0.29) is 11.6 Å². The predicted octanol–water partition coefficient (Wildman–Crippen LogP) is 4.07. The van der Waals surface area contributed by atoms with Crippen LogP contribution in [-0.4, -0.2) is 35.7 Å². The van der Waals surface area contributed by atoms with Crippen molar-refractivity contribution in [2.45, 2.75) is 50.2 Å². The lowest BCUT2D eigenvalue weighted by Crippen LogP contribution is -2.55. The summed E-state index contributed by atoms with van der Waals surface area (Å²) in [6.07, 6.45) is 6.49. The van der Waals surface area contributed by atoms with Gasteiger partial charge in [-0.25, -0.2) is 0 Å². The van der Waals surface area contributed by atoms with Crippen LogP contribution in [0.15, 0.2) is 29.6 Å². The van der Waals surface area contributed by atoms with Gasteiger partial charge in [0, 0.05) is 16.7 Å². The average Bonchev–Trinajstić information content (AvgIpc) is 2.91. The van der Waals surface area contributed by atoms with Crippen molar-refractivity contribution in [3.05, 3.63) is 35.2 Å². The molecule has 0 amide bonds. The van der Waals surface area contributed by atoms with Crippen molar-refractivity contribution >= 4 is 21.4 Å². The van der Waals surface area contributed by atoms with Crippen molar-refractivity contribution in [1.29, 1.82) is 0 Å². The predicted molar refractivity (Wildman–Crippen MR) is 91.0 cm³/mol. The van der Waals surface area contributed by atoms with E-state index in [1.807, 2.05) is 0 Å². The molecule has 1 aromatic heterocycles. The summed E-state index contributed by atoms with van der Waals surface area (Å²) in [6.45, 7) is 0. The Balaban J connectivity index is 1.85. The fourth-order valence-corrected chi connectivity index (χ4v) is 4.81. The number of fused-ring (bicyclic) bond motifs is 1. The summed E-state index contributed by atoms with van der Waals surface area (Å²) in [7, 11) is 4.25. The molecule has 1 aliphatic rings. The van der Waals surface area contributed by atoms with Gasteiger partial charge in [-0.3, -0.25) is 0 Å². The first-order valence-electron chi connectivity index (χ1n) is 7.94. The minimum absolute atomic E-state index is 0.0404. The number of hydrogen-bond acceptors (Lipinski definition) is 3. The average molecular weight is 303 g/mol. The zero-order valence-corrected chi connectivity index (χ0v) is 13.8. The topological polar surface area (TPSA) is 23.5 Å². The van der Waals surface area contributed by atoms with E-state index in [9.17, 15) is 5.11 Å². The largest absolute Gasteiger partial charge is 0.391 e. The minimum Gasteiger partial charge on any atom is -0.391 e. The van der Waals surface area contributed by atoms with Gasteiger partial charge < -0.3 is 10.0 Å². The van der Waals surface area contributed by atoms with Crippen LogP contribution in [0.2, 0.25) is 0 Å². The summed E-state index contributed by atoms with van der Waals surface area (Å²) >= 11 is 1.79. The van der Waals surface area contributed by atoms with Crippen LogP contribution in [0.4, 0.5) is 0 Å². The standard InChI is InChI=1S/C18H25NOS/c1-19(2)18(10-6-3-7-11-18)17(20)12-14-13-21-16-9-5-4-8-15(14)16/h4-5,8-9,13,17,20H,3,6-7,10-12H2,1-2H3. The van der Waals surface area contributed by atoms with E-state index in [0.717, 1.165) is 19.3 Å². The molecule has 1 aromatic carbocycles. The number of hydrogen-bond donors (Lipinski definition) is 1. The molecular formula is C18H25NOS. The number of benzene rings is 1. The Kier molecular flexibility index (Phi) is 4.34. The molecule has 3 rings (SSSR count).